The normalized spacial score (nSPS) is 21.0. The third-order valence-corrected chi connectivity index (χ3v) is 3.44. The molecule has 1 aromatic rings. The number of aromatic nitrogens is 1. The quantitative estimate of drug-likeness (QED) is 0.784. The fraction of sp³-hybridized carbons (Fsp3) is 0.700. The van der Waals surface area contributed by atoms with Crippen LogP contribution in [0.25, 0.3) is 0 Å². The summed E-state index contributed by atoms with van der Waals surface area (Å²) in [5, 5.41) is 4.40. The van der Waals surface area contributed by atoms with Crippen molar-refractivity contribution in [1.29, 1.82) is 0 Å². The van der Waals surface area contributed by atoms with Gasteiger partial charge in [-0.05, 0) is 33.1 Å². The van der Waals surface area contributed by atoms with E-state index in [1.165, 1.54) is 10.6 Å². The highest BCUT2D eigenvalue weighted by atomic mass is 32.1. The molecule has 1 aliphatic carbocycles. The molecule has 0 aromatic carbocycles. The number of rotatable bonds is 2. The Morgan fingerprint density at radius 1 is 1.57 bits per heavy atom. The molecule has 2 rings (SSSR count). The number of hydrogen-bond donors (Lipinski definition) is 2. The van der Waals surface area contributed by atoms with E-state index in [0.29, 0.717) is 12.1 Å². The van der Waals surface area contributed by atoms with Crippen molar-refractivity contribution >= 4 is 16.5 Å². The fourth-order valence-electron chi connectivity index (χ4n) is 1.71. The van der Waals surface area contributed by atoms with E-state index < -0.39 is 0 Å². The van der Waals surface area contributed by atoms with Gasteiger partial charge in [0.05, 0.1) is 5.69 Å². The molecular weight excluding hydrogens is 194 g/mol. The van der Waals surface area contributed by atoms with Gasteiger partial charge >= 0.3 is 0 Å². The molecule has 0 amide bonds. The summed E-state index contributed by atoms with van der Waals surface area (Å²) < 4.78 is 0. The highest BCUT2D eigenvalue weighted by Crippen LogP contribution is 2.29. The SMILES string of the molecule is CC(C)Nc1nc2c(s1)C[C@@H](N)CC2. The van der Waals surface area contributed by atoms with Gasteiger partial charge in [-0.1, -0.05) is 0 Å². The topological polar surface area (TPSA) is 50.9 Å². The van der Waals surface area contributed by atoms with Crippen molar-refractivity contribution in [3.63, 3.8) is 0 Å². The van der Waals surface area contributed by atoms with Crippen LogP contribution in [0.2, 0.25) is 0 Å². The average Bonchev–Trinajstić information content (AvgIpc) is 2.44. The molecule has 0 radical (unpaired) electrons. The predicted octanol–water partition coefficient (Wildman–Crippen LogP) is 1.78. The van der Waals surface area contributed by atoms with E-state index in [9.17, 15) is 0 Å². The Morgan fingerprint density at radius 2 is 2.36 bits per heavy atom. The zero-order chi connectivity index (χ0) is 10.1. The summed E-state index contributed by atoms with van der Waals surface area (Å²) in [6.07, 6.45) is 3.14. The molecule has 0 bridgehead atoms. The molecule has 1 aromatic heterocycles. The van der Waals surface area contributed by atoms with Crippen molar-refractivity contribution in [3.8, 4) is 0 Å². The van der Waals surface area contributed by atoms with E-state index >= 15 is 0 Å². The van der Waals surface area contributed by atoms with Gasteiger partial charge < -0.3 is 11.1 Å². The molecule has 0 unspecified atom stereocenters. The molecule has 0 saturated carbocycles. The number of anilines is 1. The van der Waals surface area contributed by atoms with Crippen LogP contribution in [0.4, 0.5) is 5.13 Å². The first-order valence-electron chi connectivity index (χ1n) is 5.16. The molecule has 14 heavy (non-hydrogen) atoms. The number of aryl methyl sites for hydroxylation is 1. The van der Waals surface area contributed by atoms with Gasteiger partial charge in [-0.25, -0.2) is 4.98 Å². The van der Waals surface area contributed by atoms with Gasteiger partial charge in [-0.2, -0.15) is 0 Å². The first-order valence-corrected chi connectivity index (χ1v) is 5.97. The molecule has 4 heteroatoms. The Balaban J connectivity index is 2.15. The second-order valence-corrected chi connectivity index (χ2v) is 5.27. The van der Waals surface area contributed by atoms with E-state index in [1.54, 1.807) is 11.3 Å². The maximum Gasteiger partial charge on any atom is 0.183 e. The van der Waals surface area contributed by atoms with E-state index in [0.717, 1.165) is 24.4 Å². The van der Waals surface area contributed by atoms with Crippen LogP contribution in [0, 0.1) is 0 Å². The average molecular weight is 211 g/mol. The van der Waals surface area contributed by atoms with Gasteiger partial charge in [0.2, 0.25) is 0 Å². The maximum absolute atomic E-state index is 5.92. The highest BCUT2D eigenvalue weighted by Gasteiger charge is 2.19. The van der Waals surface area contributed by atoms with Gasteiger partial charge in [0, 0.05) is 17.0 Å². The molecule has 78 valence electrons. The maximum atomic E-state index is 5.92. The lowest BCUT2D eigenvalue weighted by molar-refractivity contribution is 0.576. The van der Waals surface area contributed by atoms with Crippen LogP contribution in [-0.2, 0) is 12.8 Å². The third-order valence-electron chi connectivity index (χ3n) is 2.39. The molecule has 3 nitrogen and oxygen atoms in total. The van der Waals surface area contributed by atoms with Gasteiger partial charge in [0.1, 0.15) is 0 Å². The van der Waals surface area contributed by atoms with E-state index in [4.69, 9.17) is 5.73 Å². The zero-order valence-corrected chi connectivity index (χ0v) is 9.53. The van der Waals surface area contributed by atoms with Gasteiger partial charge in [-0.3, -0.25) is 0 Å². The molecule has 0 spiro atoms. The third kappa shape index (κ3) is 2.07. The van der Waals surface area contributed by atoms with Crippen molar-refractivity contribution in [1.82, 2.24) is 4.98 Å². The highest BCUT2D eigenvalue weighted by molar-refractivity contribution is 7.15. The van der Waals surface area contributed by atoms with Gasteiger partial charge in [0.25, 0.3) is 0 Å². The molecule has 0 saturated heterocycles. The molecule has 0 aliphatic heterocycles. The summed E-state index contributed by atoms with van der Waals surface area (Å²) in [6, 6.07) is 0.797. The summed E-state index contributed by atoms with van der Waals surface area (Å²) >= 11 is 1.77. The monoisotopic (exact) mass is 211 g/mol. The first kappa shape index (κ1) is 9.93. The predicted molar refractivity (Wildman–Crippen MR) is 60.9 cm³/mol. The van der Waals surface area contributed by atoms with Crippen LogP contribution >= 0.6 is 11.3 Å². The second-order valence-electron chi connectivity index (χ2n) is 4.19. The number of fused-ring (bicyclic) bond motifs is 1. The minimum absolute atomic E-state index is 0.342. The van der Waals surface area contributed by atoms with Crippen LogP contribution in [0.1, 0.15) is 30.8 Å². The number of hydrogen-bond acceptors (Lipinski definition) is 4. The fourth-order valence-corrected chi connectivity index (χ4v) is 2.96. The molecule has 1 heterocycles. The number of thiazole rings is 1. The smallest absolute Gasteiger partial charge is 0.183 e. The van der Waals surface area contributed by atoms with E-state index in [-0.39, 0.29) is 0 Å². The lowest BCUT2D eigenvalue weighted by atomic mass is 9.99. The number of nitrogens with zero attached hydrogens (tertiary/aromatic N) is 1. The Morgan fingerprint density at radius 3 is 3.07 bits per heavy atom. The summed E-state index contributed by atoms with van der Waals surface area (Å²) in [7, 11) is 0. The second kappa shape index (κ2) is 3.87. The Bertz CT molecular complexity index is 319. The summed E-state index contributed by atoms with van der Waals surface area (Å²) in [6.45, 7) is 4.26. The van der Waals surface area contributed by atoms with Crippen molar-refractivity contribution in [3.05, 3.63) is 10.6 Å². The van der Waals surface area contributed by atoms with Crippen LogP contribution in [0.3, 0.4) is 0 Å². The Hall–Kier alpha value is -0.610. The van der Waals surface area contributed by atoms with Crippen LogP contribution < -0.4 is 11.1 Å². The minimum atomic E-state index is 0.342. The lowest BCUT2D eigenvalue weighted by Crippen LogP contribution is -2.27. The minimum Gasteiger partial charge on any atom is -0.359 e. The largest absolute Gasteiger partial charge is 0.359 e. The number of nitrogens with one attached hydrogen (secondary N) is 1. The van der Waals surface area contributed by atoms with Crippen molar-refractivity contribution in [2.45, 2.75) is 45.2 Å². The molecule has 3 N–H and O–H groups in total. The molecule has 0 fully saturated rings. The van der Waals surface area contributed by atoms with Gasteiger partial charge in [0.15, 0.2) is 5.13 Å². The summed E-state index contributed by atoms with van der Waals surface area (Å²) in [4.78, 5) is 5.96. The van der Waals surface area contributed by atoms with E-state index in [1.807, 2.05) is 0 Å². The Labute approximate surface area is 88.7 Å². The zero-order valence-electron chi connectivity index (χ0n) is 8.71. The lowest BCUT2D eigenvalue weighted by Gasteiger charge is -2.15. The molecule has 1 aliphatic rings. The van der Waals surface area contributed by atoms with Crippen molar-refractivity contribution in [2.24, 2.45) is 5.73 Å². The van der Waals surface area contributed by atoms with Crippen LogP contribution in [0.15, 0.2) is 0 Å². The van der Waals surface area contributed by atoms with Crippen LogP contribution in [-0.4, -0.2) is 17.1 Å². The Kier molecular flexibility index (Phi) is 2.74. The first-order chi connectivity index (χ1) is 6.65. The van der Waals surface area contributed by atoms with Crippen molar-refractivity contribution in [2.75, 3.05) is 5.32 Å². The number of nitrogens with two attached hydrogens (primary N) is 1. The summed E-state index contributed by atoms with van der Waals surface area (Å²) in [5.41, 5.74) is 7.18. The van der Waals surface area contributed by atoms with Gasteiger partial charge in [-0.15, -0.1) is 11.3 Å². The standard InChI is InChI=1S/C10H17N3S/c1-6(2)12-10-13-8-4-3-7(11)5-9(8)14-10/h6-7H,3-5,11H2,1-2H3,(H,12,13)/t7-/m0/s1. The van der Waals surface area contributed by atoms with Crippen LogP contribution in [0.5, 0.6) is 0 Å². The molecule has 1 atom stereocenters. The van der Waals surface area contributed by atoms with E-state index in [2.05, 4.69) is 24.1 Å². The summed E-state index contributed by atoms with van der Waals surface area (Å²) in [5.74, 6) is 0. The van der Waals surface area contributed by atoms with Crippen molar-refractivity contribution < 1.29 is 0 Å². The molecular formula is C10H17N3S.